The molecular formula is C23H32ClNO3. The Kier molecular flexibility index (Phi) is 9.50. The predicted molar refractivity (Wildman–Crippen MR) is 108 cm³/mol. The minimum atomic E-state index is -0.362. The molecule has 28 heavy (non-hydrogen) atoms. The first kappa shape index (κ1) is 24.0. The van der Waals surface area contributed by atoms with Gasteiger partial charge >= 0.3 is 5.97 Å². The van der Waals surface area contributed by atoms with Crippen molar-refractivity contribution in [2.75, 3.05) is 19.8 Å². The maximum absolute atomic E-state index is 11.6. The van der Waals surface area contributed by atoms with Crippen LogP contribution < -0.4 is 22.9 Å². The molecule has 2 aromatic rings. The molecule has 4 nitrogen and oxygen atoms in total. The van der Waals surface area contributed by atoms with Crippen LogP contribution in [0.25, 0.3) is 0 Å². The standard InChI is InChI=1S/C23H31NO3.ClH/c1-15(2)21-12-19(7-6-16(21)3)13-22-17(4)10-20(11-18(22)5)27-14-23(25)26-9-8-24;/h6-7,10-12,15H,8-9,13-14,24H2,1-5H3;1H. The van der Waals surface area contributed by atoms with E-state index in [-0.39, 0.29) is 25.0 Å². The fourth-order valence-corrected chi connectivity index (χ4v) is 3.31. The van der Waals surface area contributed by atoms with Crippen LogP contribution in [-0.4, -0.2) is 25.7 Å². The molecule has 3 N–H and O–H groups in total. The van der Waals surface area contributed by atoms with Gasteiger partial charge in [-0.25, -0.2) is 4.79 Å². The Balaban J connectivity index is 0.00000392. The van der Waals surface area contributed by atoms with E-state index in [1.54, 1.807) is 0 Å². The average molecular weight is 406 g/mol. The smallest absolute Gasteiger partial charge is 0.344 e. The quantitative estimate of drug-likeness (QED) is 0.650. The van der Waals surface area contributed by atoms with Crippen molar-refractivity contribution in [2.45, 2.75) is 47.0 Å². The highest BCUT2D eigenvalue weighted by atomic mass is 35.5. The minimum Gasteiger partial charge on any atom is -1.00 e. The molecule has 2 aromatic carbocycles. The van der Waals surface area contributed by atoms with Gasteiger partial charge in [-0.1, -0.05) is 32.0 Å². The van der Waals surface area contributed by atoms with Gasteiger partial charge in [0.25, 0.3) is 0 Å². The minimum absolute atomic E-state index is 0. The van der Waals surface area contributed by atoms with Crippen molar-refractivity contribution in [2.24, 2.45) is 0 Å². The van der Waals surface area contributed by atoms with Gasteiger partial charge in [-0.05, 0) is 78.6 Å². The number of carbonyl (C=O) groups excluding carboxylic acids is 1. The molecule has 0 atom stereocenters. The van der Waals surface area contributed by atoms with E-state index in [4.69, 9.17) is 9.47 Å². The zero-order valence-corrected chi connectivity index (χ0v) is 18.4. The van der Waals surface area contributed by atoms with Gasteiger partial charge in [-0.3, -0.25) is 0 Å². The molecular weight excluding hydrogens is 374 g/mol. The number of carbonyl (C=O) groups is 1. The number of hydrogen-bond acceptors (Lipinski definition) is 3. The van der Waals surface area contributed by atoms with Crippen molar-refractivity contribution < 1.29 is 32.4 Å². The molecule has 5 heteroatoms. The summed E-state index contributed by atoms with van der Waals surface area (Å²) in [4.78, 5) is 11.6. The van der Waals surface area contributed by atoms with Gasteiger partial charge in [0.1, 0.15) is 18.9 Å². The molecule has 0 saturated heterocycles. The maximum Gasteiger partial charge on any atom is 0.344 e. The predicted octanol–water partition coefficient (Wildman–Crippen LogP) is 0.494. The van der Waals surface area contributed by atoms with Gasteiger partial charge in [-0.15, -0.1) is 0 Å². The lowest BCUT2D eigenvalue weighted by Crippen LogP contribution is -3.00. The van der Waals surface area contributed by atoms with E-state index in [9.17, 15) is 4.79 Å². The maximum atomic E-state index is 11.6. The largest absolute Gasteiger partial charge is 1.00 e. The Morgan fingerprint density at radius 2 is 1.68 bits per heavy atom. The number of quaternary nitrogens is 1. The number of rotatable bonds is 8. The third-order valence-corrected chi connectivity index (χ3v) is 4.78. The molecule has 0 amide bonds. The second kappa shape index (κ2) is 11.1. The van der Waals surface area contributed by atoms with Crippen molar-refractivity contribution in [3.05, 3.63) is 63.7 Å². The number of benzene rings is 2. The molecule has 0 aliphatic rings. The van der Waals surface area contributed by atoms with Crippen LogP contribution >= 0.6 is 0 Å². The van der Waals surface area contributed by atoms with Crippen LogP contribution in [0.2, 0.25) is 0 Å². The molecule has 2 rings (SSSR count). The highest BCUT2D eigenvalue weighted by Crippen LogP contribution is 2.26. The third-order valence-electron chi connectivity index (χ3n) is 4.78. The molecule has 0 bridgehead atoms. The van der Waals surface area contributed by atoms with Crippen molar-refractivity contribution in [1.82, 2.24) is 0 Å². The van der Waals surface area contributed by atoms with E-state index >= 15 is 0 Å². The van der Waals surface area contributed by atoms with E-state index in [1.165, 1.54) is 33.4 Å². The number of ether oxygens (including phenoxy) is 2. The summed E-state index contributed by atoms with van der Waals surface area (Å²) in [5, 5.41) is 0. The second-order valence-electron chi connectivity index (χ2n) is 7.42. The van der Waals surface area contributed by atoms with Crippen LogP contribution in [0.15, 0.2) is 30.3 Å². The van der Waals surface area contributed by atoms with E-state index < -0.39 is 0 Å². The Morgan fingerprint density at radius 3 is 2.25 bits per heavy atom. The monoisotopic (exact) mass is 405 g/mol. The Hall–Kier alpha value is -2.04. The lowest BCUT2D eigenvalue weighted by atomic mass is 9.91. The molecule has 0 heterocycles. The normalized spacial score (nSPS) is 10.5. The summed E-state index contributed by atoms with van der Waals surface area (Å²) in [7, 11) is 0. The molecule has 0 fully saturated rings. The van der Waals surface area contributed by atoms with Gasteiger partial charge in [0.05, 0.1) is 0 Å². The highest BCUT2D eigenvalue weighted by Gasteiger charge is 2.11. The zero-order valence-electron chi connectivity index (χ0n) is 17.6. The second-order valence-corrected chi connectivity index (χ2v) is 7.42. The first-order valence-corrected chi connectivity index (χ1v) is 9.59. The summed E-state index contributed by atoms with van der Waals surface area (Å²) in [5.74, 6) is 0.858. The van der Waals surface area contributed by atoms with E-state index in [0.717, 1.165) is 6.42 Å². The van der Waals surface area contributed by atoms with Gasteiger partial charge in [-0.2, -0.15) is 0 Å². The highest BCUT2D eigenvalue weighted by molar-refractivity contribution is 5.71. The summed E-state index contributed by atoms with van der Waals surface area (Å²) in [6.45, 7) is 11.6. The summed E-state index contributed by atoms with van der Waals surface area (Å²) < 4.78 is 10.6. The Bertz CT molecular complexity index is 779. The molecule has 0 aromatic heterocycles. The number of halogens is 1. The van der Waals surface area contributed by atoms with E-state index in [1.807, 2.05) is 12.1 Å². The summed E-state index contributed by atoms with van der Waals surface area (Å²) in [5.41, 5.74) is 11.4. The topological polar surface area (TPSA) is 63.2 Å². The molecule has 0 radical (unpaired) electrons. The van der Waals surface area contributed by atoms with Gasteiger partial charge in [0.2, 0.25) is 0 Å². The first-order valence-electron chi connectivity index (χ1n) is 9.59. The van der Waals surface area contributed by atoms with Gasteiger partial charge in [0.15, 0.2) is 6.61 Å². The fraction of sp³-hybridized carbons (Fsp3) is 0.435. The lowest BCUT2D eigenvalue weighted by molar-refractivity contribution is -0.372. The average Bonchev–Trinajstić information content (AvgIpc) is 2.62. The molecule has 154 valence electrons. The third kappa shape index (κ3) is 6.54. The van der Waals surface area contributed by atoms with Crippen molar-refractivity contribution >= 4 is 5.97 Å². The van der Waals surface area contributed by atoms with E-state index in [0.29, 0.717) is 24.8 Å². The lowest BCUT2D eigenvalue weighted by Gasteiger charge is -2.16. The van der Waals surface area contributed by atoms with Crippen LogP contribution in [0.4, 0.5) is 0 Å². The van der Waals surface area contributed by atoms with Crippen molar-refractivity contribution in [1.29, 1.82) is 0 Å². The van der Waals surface area contributed by atoms with Crippen LogP contribution in [0.5, 0.6) is 5.75 Å². The SMILES string of the molecule is Cc1ccc(Cc2c(C)cc(OCC(=O)OCC[NH3+])cc2C)cc1C(C)C.[Cl-]. The van der Waals surface area contributed by atoms with Crippen LogP contribution in [0.3, 0.4) is 0 Å². The molecule has 0 spiro atoms. The number of esters is 1. The molecule has 0 aliphatic carbocycles. The number of aryl methyl sites for hydroxylation is 3. The number of hydrogen-bond donors (Lipinski definition) is 1. The van der Waals surface area contributed by atoms with Crippen LogP contribution in [0, 0.1) is 20.8 Å². The van der Waals surface area contributed by atoms with Gasteiger partial charge < -0.3 is 27.6 Å². The fourth-order valence-electron chi connectivity index (χ4n) is 3.31. The molecule has 0 aliphatic heterocycles. The zero-order chi connectivity index (χ0) is 20.0. The van der Waals surface area contributed by atoms with Crippen molar-refractivity contribution in [3.63, 3.8) is 0 Å². The Morgan fingerprint density at radius 1 is 1.04 bits per heavy atom. The summed E-state index contributed by atoms with van der Waals surface area (Å²) in [6.07, 6.45) is 0.892. The molecule has 0 unspecified atom stereocenters. The van der Waals surface area contributed by atoms with Crippen LogP contribution in [0.1, 0.15) is 53.1 Å². The first-order chi connectivity index (χ1) is 12.8. The Labute approximate surface area is 174 Å². The summed E-state index contributed by atoms with van der Waals surface area (Å²) >= 11 is 0. The molecule has 0 saturated carbocycles. The van der Waals surface area contributed by atoms with E-state index in [2.05, 4.69) is 58.6 Å². The van der Waals surface area contributed by atoms with Gasteiger partial charge in [0, 0.05) is 0 Å². The van der Waals surface area contributed by atoms with Crippen molar-refractivity contribution in [3.8, 4) is 5.75 Å². The van der Waals surface area contributed by atoms with Crippen LogP contribution in [-0.2, 0) is 16.0 Å². The summed E-state index contributed by atoms with van der Waals surface area (Å²) in [6, 6.07) is 10.7.